The number of hydrogen-bond acceptors (Lipinski definition) is 5. The molecule has 106 valence electrons. The van der Waals surface area contributed by atoms with Crippen molar-refractivity contribution in [1.29, 1.82) is 0 Å². The summed E-state index contributed by atoms with van der Waals surface area (Å²) in [6.07, 6.45) is 2.68. The Morgan fingerprint density at radius 3 is 2.68 bits per heavy atom. The highest BCUT2D eigenvalue weighted by Crippen LogP contribution is 2.32. The fraction of sp³-hybridized carbons (Fsp3) is 0.692. The molecule has 1 aromatic rings. The summed E-state index contributed by atoms with van der Waals surface area (Å²) in [6, 6.07) is 0. The van der Waals surface area contributed by atoms with Crippen LogP contribution in [0.4, 0.5) is 0 Å². The van der Waals surface area contributed by atoms with Crippen LogP contribution in [0.5, 0.6) is 5.75 Å². The largest absolute Gasteiger partial charge is 0.493 e. The first-order valence-corrected chi connectivity index (χ1v) is 6.46. The number of ether oxygens (including phenoxy) is 3. The van der Waals surface area contributed by atoms with Crippen molar-refractivity contribution >= 4 is 5.78 Å². The average molecular weight is 268 g/mol. The van der Waals surface area contributed by atoms with Gasteiger partial charge in [0.15, 0.2) is 5.75 Å². The van der Waals surface area contributed by atoms with E-state index in [4.69, 9.17) is 14.2 Å². The summed E-state index contributed by atoms with van der Waals surface area (Å²) >= 11 is 0. The van der Waals surface area contributed by atoms with E-state index in [1.807, 2.05) is 6.92 Å². The molecule has 0 aliphatic carbocycles. The number of nitrogens with zero attached hydrogens (tertiary/aromatic N) is 2. The van der Waals surface area contributed by atoms with Gasteiger partial charge in [-0.2, -0.15) is 5.10 Å². The zero-order valence-electron chi connectivity index (χ0n) is 11.6. The van der Waals surface area contributed by atoms with Gasteiger partial charge in [0.2, 0.25) is 5.78 Å². The van der Waals surface area contributed by atoms with Crippen molar-refractivity contribution in [3.05, 3.63) is 11.9 Å². The maximum absolute atomic E-state index is 12.9. The van der Waals surface area contributed by atoms with Gasteiger partial charge in [0.1, 0.15) is 11.3 Å². The highest BCUT2D eigenvalue weighted by Gasteiger charge is 2.43. The number of carbonyl (C=O) groups is 1. The van der Waals surface area contributed by atoms with Crippen molar-refractivity contribution in [3.8, 4) is 5.75 Å². The van der Waals surface area contributed by atoms with Crippen molar-refractivity contribution in [2.45, 2.75) is 31.9 Å². The molecule has 0 bridgehead atoms. The van der Waals surface area contributed by atoms with Crippen LogP contribution in [0, 0.1) is 0 Å². The lowest BCUT2D eigenvalue weighted by molar-refractivity contribution is -0.0668. The predicted octanol–water partition coefficient (Wildman–Crippen LogP) is 1.29. The number of rotatable bonds is 5. The summed E-state index contributed by atoms with van der Waals surface area (Å²) in [5.41, 5.74) is -0.341. The second-order valence-electron chi connectivity index (χ2n) is 4.52. The van der Waals surface area contributed by atoms with Gasteiger partial charge in [-0.15, -0.1) is 0 Å². The number of hydrogen-bond donors (Lipinski definition) is 0. The molecule has 6 heteroatoms. The standard InChI is InChI=1S/C13H20N2O4/c1-4-15-11(10(17-2)9-14-15)12(16)13(18-3)5-7-19-8-6-13/h9H,4-8H2,1-3H3. The Morgan fingerprint density at radius 2 is 2.16 bits per heavy atom. The van der Waals surface area contributed by atoms with E-state index >= 15 is 0 Å². The molecule has 0 radical (unpaired) electrons. The SMILES string of the molecule is CCn1ncc(OC)c1C(=O)C1(OC)CCOCC1. The molecule has 1 aliphatic heterocycles. The van der Waals surface area contributed by atoms with E-state index in [9.17, 15) is 4.79 Å². The number of methoxy groups -OCH3 is 2. The lowest BCUT2D eigenvalue weighted by Crippen LogP contribution is -2.46. The normalized spacial score (nSPS) is 18.3. The van der Waals surface area contributed by atoms with Crippen LogP contribution in [-0.2, 0) is 16.0 Å². The van der Waals surface area contributed by atoms with Gasteiger partial charge in [0.05, 0.1) is 13.3 Å². The average Bonchev–Trinajstić information content (AvgIpc) is 2.89. The second-order valence-corrected chi connectivity index (χ2v) is 4.52. The summed E-state index contributed by atoms with van der Waals surface area (Å²) in [5.74, 6) is 0.421. The first-order chi connectivity index (χ1) is 9.18. The molecule has 0 unspecified atom stereocenters. The van der Waals surface area contributed by atoms with Gasteiger partial charge in [-0.3, -0.25) is 9.48 Å². The van der Waals surface area contributed by atoms with Crippen LogP contribution in [0.3, 0.4) is 0 Å². The third-order valence-electron chi connectivity index (χ3n) is 3.65. The summed E-state index contributed by atoms with van der Waals surface area (Å²) < 4.78 is 17.7. The number of ketones is 1. The van der Waals surface area contributed by atoms with Gasteiger partial charge in [-0.1, -0.05) is 0 Å². The molecule has 0 atom stereocenters. The van der Waals surface area contributed by atoms with Crippen molar-refractivity contribution in [2.75, 3.05) is 27.4 Å². The molecule has 2 rings (SSSR count). The van der Waals surface area contributed by atoms with Crippen molar-refractivity contribution in [1.82, 2.24) is 9.78 Å². The summed E-state index contributed by atoms with van der Waals surface area (Å²) in [4.78, 5) is 12.9. The third-order valence-corrected chi connectivity index (χ3v) is 3.65. The van der Waals surface area contributed by atoms with E-state index in [-0.39, 0.29) is 5.78 Å². The summed E-state index contributed by atoms with van der Waals surface area (Å²) in [7, 11) is 3.11. The second kappa shape index (κ2) is 5.71. The van der Waals surface area contributed by atoms with E-state index in [1.165, 1.54) is 7.11 Å². The highest BCUT2D eigenvalue weighted by atomic mass is 16.5. The van der Waals surface area contributed by atoms with E-state index < -0.39 is 5.60 Å². The molecular weight excluding hydrogens is 248 g/mol. The quantitative estimate of drug-likeness (QED) is 0.753. The lowest BCUT2D eigenvalue weighted by Gasteiger charge is -2.34. The minimum absolute atomic E-state index is 0.0745. The van der Waals surface area contributed by atoms with Crippen LogP contribution in [0.2, 0.25) is 0 Å². The van der Waals surface area contributed by atoms with E-state index in [1.54, 1.807) is 18.0 Å². The smallest absolute Gasteiger partial charge is 0.216 e. The van der Waals surface area contributed by atoms with Gasteiger partial charge in [0, 0.05) is 39.7 Å². The first-order valence-electron chi connectivity index (χ1n) is 6.46. The predicted molar refractivity (Wildman–Crippen MR) is 68.6 cm³/mol. The number of Topliss-reactive ketones (excluding diaryl/α,β-unsaturated/α-hetero) is 1. The van der Waals surface area contributed by atoms with Crippen LogP contribution in [0.1, 0.15) is 30.3 Å². The molecule has 0 spiro atoms. The molecule has 19 heavy (non-hydrogen) atoms. The number of aryl methyl sites for hydroxylation is 1. The summed E-state index contributed by atoms with van der Waals surface area (Å²) in [5, 5.41) is 4.17. The molecule has 6 nitrogen and oxygen atoms in total. The van der Waals surface area contributed by atoms with Gasteiger partial charge in [-0.25, -0.2) is 0 Å². The Hall–Kier alpha value is -1.40. The minimum atomic E-state index is -0.821. The number of aromatic nitrogens is 2. The molecule has 0 aromatic carbocycles. The fourth-order valence-electron chi connectivity index (χ4n) is 2.43. The van der Waals surface area contributed by atoms with E-state index in [0.29, 0.717) is 44.0 Å². The van der Waals surface area contributed by atoms with Gasteiger partial charge < -0.3 is 14.2 Å². The fourth-order valence-corrected chi connectivity index (χ4v) is 2.43. The van der Waals surface area contributed by atoms with Gasteiger partial charge >= 0.3 is 0 Å². The molecule has 1 fully saturated rings. The van der Waals surface area contributed by atoms with Crippen LogP contribution in [-0.4, -0.2) is 48.6 Å². The van der Waals surface area contributed by atoms with E-state index in [0.717, 1.165) is 0 Å². The Kier molecular flexibility index (Phi) is 4.21. The van der Waals surface area contributed by atoms with Crippen LogP contribution >= 0.6 is 0 Å². The molecule has 0 saturated carbocycles. The van der Waals surface area contributed by atoms with Gasteiger partial charge in [-0.05, 0) is 6.92 Å². The van der Waals surface area contributed by atoms with Crippen LogP contribution < -0.4 is 4.74 Å². The Bertz CT molecular complexity index is 428. The van der Waals surface area contributed by atoms with E-state index in [2.05, 4.69) is 5.10 Å². The van der Waals surface area contributed by atoms with Crippen molar-refractivity contribution in [3.63, 3.8) is 0 Å². The zero-order chi connectivity index (χ0) is 13.9. The molecule has 1 aliphatic rings. The molecule has 0 amide bonds. The van der Waals surface area contributed by atoms with Crippen LogP contribution in [0.25, 0.3) is 0 Å². The highest BCUT2D eigenvalue weighted by molar-refractivity contribution is 6.03. The lowest BCUT2D eigenvalue weighted by atomic mass is 9.87. The Morgan fingerprint density at radius 1 is 1.47 bits per heavy atom. The van der Waals surface area contributed by atoms with Crippen LogP contribution in [0.15, 0.2) is 6.20 Å². The maximum atomic E-state index is 12.9. The summed E-state index contributed by atoms with van der Waals surface area (Å²) in [6.45, 7) is 3.61. The van der Waals surface area contributed by atoms with Crippen molar-refractivity contribution in [2.24, 2.45) is 0 Å². The Labute approximate surface area is 112 Å². The molecule has 0 N–H and O–H groups in total. The first kappa shape index (κ1) is 14.0. The number of carbonyl (C=O) groups excluding carboxylic acids is 1. The maximum Gasteiger partial charge on any atom is 0.216 e. The zero-order valence-corrected chi connectivity index (χ0v) is 11.6. The van der Waals surface area contributed by atoms with Gasteiger partial charge in [0.25, 0.3) is 0 Å². The Balaban J connectivity index is 2.39. The molecule has 1 saturated heterocycles. The topological polar surface area (TPSA) is 62.6 Å². The van der Waals surface area contributed by atoms with Crippen molar-refractivity contribution < 1.29 is 19.0 Å². The minimum Gasteiger partial charge on any atom is -0.493 e. The third kappa shape index (κ3) is 2.37. The molecule has 1 aromatic heterocycles. The monoisotopic (exact) mass is 268 g/mol. The molecular formula is C13H20N2O4. The molecule has 2 heterocycles.